The number of primary amides is 1. The molecule has 0 bridgehead atoms. The van der Waals surface area contributed by atoms with Crippen LogP contribution in [0.5, 0.6) is 0 Å². The van der Waals surface area contributed by atoms with Crippen molar-refractivity contribution in [2.75, 3.05) is 11.1 Å². The standard InChI is InChI=1S/C23H20N6O3S/c1-13-6-8-14(9-7-13)29-21-17(11-25-29)22(32)28-15(12-33-23(28)27-21)10-19(30)26-18-5-3-2-4-16(18)20(24)31/h2-9,11,15H,10,12H2,1H3,(H2,24,31)(H,26,30). The minimum atomic E-state index is -0.624. The molecule has 3 heterocycles. The molecule has 1 aliphatic heterocycles. The minimum Gasteiger partial charge on any atom is -0.366 e. The number of fused-ring (bicyclic) bond motifs is 2. The van der Waals surface area contributed by atoms with Crippen LogP contribution in [0.25, 0.3) is 16.7 Å². The predicted molar refractivity (Wildman–Crippen MR) is 126 cm³/mol. The second-order valence-electron chi connectivity index (χ2n) is 7.83. The van der Waals surface area contributed by atoms with E-state index in [1.165, 1.54) is 18.0 Å². The van der Waals surface area contributed by atoms with Crippen molar-refractivity contribution in [3.05, 3.63) is 76.2 Å². The quantitative estimate of drug-likeness (QED) is 0.441. The van der Waals surface area contributed by atoms with E-state index in [0.29, 0.717) is 27.6 Å². The van der Waals surface area contributed by atoms with Gasteiger partial charge in [0, 0.05) is 12.2 Å². The zero-order chi connectivity index (χ0) is 23.1. The van der Waals surface area contributed by atoms with Crippen molar-refractivity contribution >= 4 is 40.3 Å². The third-order valence-corrected chi connectivity index (χ3v) is 6.63. The van der Waals surface area contributed by atoms with Crippen LogP contribution in [0.15, 0.2) is 64.7 Å². The minimum absolute atomic E-state index is 0.0618. The van der Waals surface area contributed by atoms with Crippen molar-refractivity contribution in [3.8, 4) is 5.69 Å². The molecule has 0 fully saturated rings. The SMILES string of the molecule is Cc1ccc(-n2ncc3c(=O)n4c(nc32)SCC4CC(=O)Nc2ccccc2C(N)=O)cc1. The van der Waals surface area contributed by atoms with E-state index < -0.39 is 5.91 Å². The fourth-order valence-electron chi connectivity index (χ4n) is 3.88. The number of benzene rings is 2. The molecule has 9 nitrogen and oxygen atoms in total. The van der Waals surface area contributed by atoms with Gasteiger partial charge in [0.15, 0.2) is 10.8 Å². The number of carbonyl (C=O) groups excluding carboxylic acids is 2. The highest BCUT2D eigenvalue weighted by molar-refractivity contribution is 7.99. The fourth-order valence-corrected chi connectivity index (χ4v) is 5.01. The summed E-state index contributed by atoms with van der Waals surface area (Å²) in [5, 5.41) is 8.06. The number of anilines is 1. The lowest BCUT2D eigenvalue weighted by atomic mass is 10.1. The highest BCUT2D eigenvalue weighted by atomic mass is 32.2. The number of thioether (sulfide) groups is 1. The Bertz CT molecular complexity index is 1460. The zero-order valence-electron chi connectivity index (χ0n) is 17.7. The number of hydrogen-bond donors (Lipinski definition) is 2. The Kier molecular flexibility index (Phi) is 5.21. The Morgan fingerprint density at radius 2 is 1.94 bits per heavy atom. The molecule has 2 amide bonds. The number of carbonyl (C=O) groups is 2. The van der Waals surface area contributed by atoms with Gasteiger partial charge in [0.1, 0.15) is 5.39 Å². The maximum atomic E-state index is 13.3. The van der Waals surface area contributed by atoms with E-state index in [4.69, 9.17) is 5.73 Å². The van der Waals surface area contributed by atoms with Crippen molar-refractivity contribution in [3.63, 3.8) is 0 Å². The normalized spacial score (nSPS) is 14.9. The maximum Gasteiger partial charge on any atom is 0.265 e. The van der Waals surface area contributed by atoms with Gasteiger partial charge in [-0.05, 0) is 31.2 Å². The second kappa shape index (κ2) is 8.21. The number of aromatic nitrogens is 4. The summed E-state index contributed by atoms with van der Waals surface area (Å²) in [6, 6.07) is 14.0. The van der Waals surface area contributed by atoms with Crippen LogP contribution in [-0.2, 0) is 4.79 Å². The van der Waals surface area contributed by atoms with Crippen molar-refractivity contribution in [2.45, 2.75) is 24.5 Å². The van der Waals surface area contributed by atoms with Crippen molar-refractivity contribution in [1.29, 1.82) is 0 Å². The lowest BCUT2D eigenvalue weighted by Gasteiger charge is -2.14. The molecule has 166 valence electrons. The third-order valence-electron chi connectivity index (χ3n) is 5.54. The molecule has 1 atom stereocenters. The Morgan fingerprint density at radius 1 is 1.18 bits per heavy atom. The number of nitrogens with one attached hydrogen (secondary N) is 1. The van der Waals surface area contributed by atoms with E-state index >= 15 is 0 Å². The number of nitrogens with zero attached hydrogens (tertiary/aromatic N) is 4. The van der Waals surface area contributed by atoms with E-state index in [9.17, 15) is 14.4 Å². The Morgan fingerprint density at radius 3 is 2.70 bits per heavy atom. The first-order chi connectivity index (χ1) is 15.9. The van der Waals surface area contributed by atoms with E-state index in [2.05, 4.69) is 15.4 Å². The number of para-hydroxylation sites is 1. The van der Waals surface area contributed by atoms with E-state index in [0.717, 1.165) is 11.3 Å². The first-order valence-electron chi connectivity index (χ1n) is 10.3. The lowest BCUT2D eigenvalue weighted by Crippen LogP contribution is -2.28. The summed E-state index contributed by atoms with van der Waals surface area (Å²) in [7, 11) is 0. The summed E-state index contributed by atoms with van der Waals surface area (Å²) in [5.74, 6) is -0.400. The number of amides is 2. The molecule has 0 saturated heterocycles. The molecule has 1 aliphatic rings. The van der Waals surface area contributed by atoms with Crippen LogP contribution in [-0.4, -0.2) is 36.9 Å². The summed E-state index contributed by atoms with van der Waals surface area (Å²) in [6.45, 7) is 2.00. The predicted octanol–water partition coefficient (Wildman–Crippen LogP) is 2.67. The molecule has 0 spiro atoms. The van der Waals surface area contributed by atoms with Gasteiger partial charge in [-0.1, -0.05) is 41.6 Å². The van der Waals surface area contributed by atoms with E-state index in [1.807, 2.05) is 31.2 Å². The topological polar surface area (TPSA) is 125 Å². The van der Waals surface area contributed by atoms with Crippen LogP contribution in [0.2, 0.25) is 0 Å². The van der Waals surface area contributed by atoms with Crippen molar-refractivity contribution < 1.29 is 9.59 Å². The summed E-state index contributed by atoms with van der Waals surface area (Å²) in [6.07, 6.45) is 1.58. The van der Waals surface area contributed by atoms with Gasteiger partial charge in [0.25, 0.3) is 11.5 Å². The summed E-state index contributed by atoms with van der Waals surface area (Å²) in [4.78, 5) is 42.3. The number of nitrogens with two attached hydrogens (primary N) is 1. The smallest absolute Gasteiger partial charge is 0.265 e. The van der Waals surface area contributed by atoms with Gasteiger partial charge in [0.05, 0.1) is 29.2 Å². The largest absolute Gasteiger partial charge is 0.366 e. The molecule has 2 aromatic carbocycles. The molecule has 0 aliphatic carbocycles. The monoisotopic (exact) mass is 460 g/mol. The number of rotatable bonds is 5. The van der Waals surface area contributed by atoms with Crippen LogP contribution >= 0.6 is 11.8 Å². The molecule has 0 radical (unpaired) electrons. The molecular formula is C23H20N6O3S. The van der Waals surface area contributed by atoms with Crippen LogP contribution in [0.1, 0.15) is 28.4 Å². The highest BCUT2D eigenvalue weighted by Crippen LogP contribution is 2.33. The van der Waals surface area contributed by atoms with E-state index in [1.54, 1.807) is 33.5 Å². The number of hydrogen-bond acceptors (Lipinski definition) is 6. The maximum absolute atomic E-state index is 13.3. The molecule has 3 N–H and O–H groups in total. The summed E-state index contributed by atoms with van der Waals surface area (Å²) < 4.78 is 3.21. The first kappa shape index (κ1) is 21.0. The first-order valence-corrected chi connectivity index (χ1v) is 11.3. The molecular weight excluding hydrogens is 440 g/mol. The Labute approximate surface area is 192 Å². The van der Waals surface area contributed by atoms with Gasteiger partial charge in [-0.15, -0.1) is 0 Å². The van der Waals surface area contributed by atoms with Crippen LogP contribution in [0, 0.1) is 6.92 Å². The zero-order valence-corrected chi connectivity index (χ0v) is 18.5. The summed E-state index contributed by atoms with van der Waals surface area (Å²) in [5.41, 5.74) is 8.17. The van der Waals surface area contributed by atoms with E-state index in [-0.39, 0.29) is 29.5 Å². The van der Waals surface area contributed by atoms with Crippen molar-refractivity contribution in [2.24, 2.45) is 5.73 Å². The van der Waals surface area contributed by atoms with Gasteiger partial charge in [-0.3, -0.25) is 19.0 Å². The highest BCUT2D eigenvalue weighted by Gasteiger charge is 2.30. The molecule has 10 heteroatoms. The second-order valence-corrected chi connectivity index (χ2v) is 8.81. The average molecular weight is 461 g/mol. The van der Waals surface area contributed by atoms with Crippen LogP contribution in [0.4, 0.5) is 5.69 Å². The van der Waals surface area contributed by atoms with Gasteiger partial charge in [-0.2, -0.15) is 5.10 Å². The van der Waals surface area contributed by atoms with Gasteiger partial charge < -0.3 is 11.1 Å². The molecule has 33 heavy (non-hydrogen) atoms. The molecule has 5 rings (SSSR count). The Balaban J connectivity index is 1.44. The molecule has 2 aromatic heterocycles. The fraction of sp³-hybridized carbons (Fsp3) is 0.174. The van der Waals surface area contributed by atoms with Crippen molar-refractivity contribution in [1.82, 2.24) is 19.3 Å². The van der Waals surface area contributed by atoms with Gasteiger partial charge in [-0.25, -0.2) is 9.67 Å². The summed E-state index contributed by atoms with van der Waals surface area (Å²) >= 11 is 1.43. The Hall–Kier alpha value is -3.92. The third kappa shape index (κ3) is 3.78. The molecule has 4 aromatic rings. The van der Waals surface area contributed by atoms with Crippen LogP contribution < -0.4 is 16.6 Å². The average Bonchev–Trinajstić information content (AvgIpc) is 3.39. The van der Waals surface area contributed by atoms with Gasteiger partial charge >= 0.3 is 0 Å². The number of aryl methyl sites for hydroxylation is 1. The van der Waals surface area contributed by atoms with Crippen LogP contribution in [0.3, 0.4) is 0 Å². The molecule has 0 saturated carbocycles. The lowest BCUT2D eigenvalue weighted by molar-refractivity contribution is -0.116. The van der Waals surface area contributed by atoms with Gasteiger partial charge in [0.2, 0.25) is 5.91 Å². The molecule has 1 unspecified atom stereocenters.